The van der Waals surface area contributed by atoms with Crippen LogP contribution in [-0.4, -0.2) is 54.5 Å². The first kappa shape index (κ1) is 22.2. The van der Waals surface area contributed by atoms with Crippen LogP contribution < -0.4 is 4.90 Å². The maximum absolute atomic E-state index is 13.5. The number of aromatic nitrogens is 1. The van der Waals surface area contributed by atoms with Gasteiger partial charge in [0.05, 0.1) is 10.2 Å². The van der Waals surface area contributed by atoms with Crippen molar-refractivity contribution in [1.29, 1.82) is 0 Å². The maximum atomic E-state index is 13.5. The fourth-order valence-corrected chi connectivity index (χ4v) is 5.45. The van der Waals surface area contributed by atoms with Crippen molar-refractivity contribution in [2.75, 3.05) is 38.3 Å². The van der Waals surface area contributed by atoms with Crippen LogP contribution in [0.2, 0.25) is 0 Å². The summed E-state index contributed by atoms with van der Waals surface area (Å²) in [5, 5.41) is 1.23. The zero-order valence-electron chi connectivity index (χ0n) is 17.5. The van der Waals surface area contributed by atoms with Crippen LogP contribution in [0.25, 0.3) is 10.2 Å². The first-order chi connectivity index (χ1) is 13.9. The van der Waals surface area contributed by atoms with Gasteiger partial charge in [0.1, 0.15) is 0 Å². The Labute approximate surface area is 185 Å². The summed E-state index contributed by atoms with van der Waals surface area (Å²) in [6, 6.07) is 14.1. The van der Waals surface area contributed by atoms with Gasteiger partial charge in [0.25, 0.3) is 5.91 Å². The maximum Gasteiger partial charge on any atom is 0.260 e. The SMILES string of the molecule is CSc1cccc2sc(N(CCN(C)C)C(=O)c3cccc(SC(C)C)c3)nc12. The van der Waals surface area contributed by atoms with E-state index in [1.165, 1.54) is 0 Å². The number of anilines is 1. The van der Waals surface area contributed by atoms with Gasteiger partial charge in [-0.15, -0.1) is 23.5 Å². The number of thiazole rings is 1. The van der Waals surface area contributed by atoms with Gasteiger partial charge in [0.2, 0.25) is 0 Å². The molecule has 154 valence electrons. The molecule has 3 rings (SSSR count). The minimum absolute atomic E-state index is 0.00261. The fraction of sp³-hybridized carbons (Fsp3) is 0.364. The van der Waals surface area contributed by atoms with Crippen molar-refractivity contribution in [2.45, 2.75) is 28.9 Å². The van der Waals surface area contributed by atoms with Gasteiger partial charge in [-0.2, -0.15) is 0 Å². The Morgan fingerprint density at radius 3 is 2.59 bits per heavy atom. The van der Waals surface area contributed by atoms with Crippen LogP contribution in [0.3, 0.4) is 0 Å². The van der Waals surface area contributed by atoms with E-state index in [2.05, 4.69) is 49.3 Å². The molecule has 3 aromatic rings. The Morgan fingerprint density at radius 2 is 1.90 bits per heavy atom. The van der Waals surface area contributed by atoms with Crippen LogP contribution in [0, 0.1) is 0 Å². The number of carbonyl (C=O) groups excluding carboxylic acids is 1. The molecule has 29 heavy (non-hydrogen) atoms. The summed E-state index contributed by atoms with van der Waals surface area (Å²) in [7, 11) is 4.04. The van der Waals surface area contributed by atoms with Crippen molar-refractivity contribution in [3.63, 3.8) is 0 Å². The number of hydrogen-bond donors (Lipinski definition) is 0. The van der Waals surface area contributed by atoms with Gasteiger partial charge in [-0.25, -0.2) is 4.98 Å². The van der Waals surface area contributed by atoms with E-state index in [0.717, 1.165) is 31.7 Å². The number of benzene rings is 2. The van der Waals surface area contributed by atoms with Crippen molar-refractivity contribution in [3.05, 3.63) is 48.0 Å². The molecule has 0 radical (unpaired) electrons. The zero-order valence-corrected chi connectivity index (χ0v) is 20.0. The molecule has 7 heteroatoms. The van der Waals surface area contributed by atoms with Crippen LogP contribution in [0.1, 0.15) is 24.2 Å². The Hall–Kier alpha value is -1.54. The summed E-state index contributed by atoms with van der Waals surface area (Å²) < 4.78 is 1.11. The molecule has 0 atom stereocenters. The molecule has 0 aliphatic carbocycles. The number of hydrogen-bond acceptors (Lipinski definition) is 6. The van der Waals surface area contributed by atoms with E-state index in [9.17, 15) is 4.79 Å². The predicted octanol–water partition coefficient (Wildman–Crippen LogP) is 5.73. The van der Waals surface area contributed by atoms with E-state index in [1.54, 1.807) is 34.9 Å². The van der Waals surface area contributed by atoms with E-state index in [0.29, 0.717) is 17.4 Å². The second kappa shape index (κ2) is 9.98. The Bertz CT molecular complexity index is 984. The molecule has 0 aliphatic rings. The molecule has 0 spiro atoms. The van der Waals surface area contributed by atoms with E-state index in [4.69, 9.17) is 4.98 Å². The van der Waals surface area contributed by atoms with E-state index < -0.39 is 0 Å². The Morgan fingerprint density at radius 1 is 1.14 bits per heavy atom. The van der Waals surface area contributed by atoms with Crippen LogP contribution in [0.5, 0.6) is 0 Å². The summed E-state index contributed by atoms with van der Waals surface area (Å²) in [6.45, 7) is 5.69. The standard InChI is InChI=1S/C22H27N3OS3/c1-15(2)28-17-9-6-8-16(14-17)21(26)25(13-12-24(3)4)22-23-20-18(27-5)10-7-11-19(20)29-22/h6-11,14-15H,12-13H2,1-5H3. The number of thioether (sulfide) groups is 2. The van der Waals surface area contributed by atoms with Crippen LogP contribution in [-0.2, 0) is 0 Å². The lowest BCUT2D eigenvalue weighted by Crippen LogP contribution is -2.36. The highest BCUT2D eigenvalue weighted by Gasteiger charge is 2.22. The summed E-state index contributed by atoms with van der Waals surface area (Å²) in [4.78, 5) is 24.5. The van der Waals surface area contributed by atoms with Crippen molar-refractivity contribution in [3.8, 4) is 0 Å². The lowest BCUT2D eigenvalue weighted by Gasteiger charge is -2.22. The minimum Gasteiger partial charge on any atom is -0.308 e. The van der Waals surface area contributed by atoms with Gasteiger partial charge < -0.3 is 4.90 Å². The number of rotatable bonds is 8. The third kappa shape index (κ3) is 5.54. The quantitative estimate of drug-likeness (QED) is 0.414. The average Bonchev–Trinajstić information content (AvgIpc) is 3.11. The van der Waals surface area contributed by atoms with Gasteiger partial charge in [-0.05, 0) is 50.7 Å². The highest BCUT2D eigenvalue weighted by Crippen LogP contribution is 2.35. The van der Waals surface area contributed by atoms with Gasteiger partial charge in [0, 0.05) is 33.7 Å². The molecule has 0 N–H and O–H groups in total. The van der Waals surface area contributed by atoms with Gasteiger partial charge in [-0.3, -0.25) is 9.69 Å². The van der Waals surface area contributed by atoms with Crippen LogP contribution >= 0.6 is 34.9 Å². The largest absolute Gasteiger partial charge is 0.308 e. The highest BCUT2D eigenvalue weighted by atomic mass is 32.2. The molecular formula is C22H27N3OS3. The third-order valence-electron chi connectivity index (χ3n) is 4.29. The lowest BCUT2D eigenvalue weighted by atomic mass is 10.2. The van der Waals surface area contributed by atoms with Crippen LogP contribution in [0.4, 0.5) is 5.13 Å². The minimum atomic E-state index is 0.00261. The molecule has 0 bridgehead atoms. The summed E-state index contributed by atoms with van der Waals surface area (Å²) in [5.74, 6) is 0.00261. The van der Waals surface area contributed by atoms with Gasteiger partial charge in [0.15, 0.2) is 5.13 Å². The molecule has 2 aromatic carbocycles. The van der Waals surface area contributed by atoms with Gasteiger partial charge >= 0.3 is 0 Å². The highest BCUT2D eigenvalue weighted by molar-refractivity contribution is 8.00. The molecule has 0 saturated carbocycles. The number of amides is 1. The predicted molar refractivity (Wildman–Crippen MR) is 129 cm³/mol. The zero-order chi connectivity index (χ0) is 21.0. The summed E-state index contributed by atoms with van der Waals surface area (Å²) >= 11 is 5.03. The summed E-state index contributed by atoms with van der Waals surface area (Å²) in [5.41, 5.74) is 1.69. The summed E-state index contributed by atoms with van der Waals surface area (Å²) in [6.07, 6.45) is 2.06. The third-order valence-corrected chi connectivity index (χ3v) is 7.10. The Balaban J connectivity index is 1.98. The van der Waals surface area contributed by atoms with Crippen LogP contribution in [0.15, 0.2) is 52.3 Å². The first-order valence-electron chi connectivity index (χ1n) is 9.56. The number of likely N-dealkylation sites (N-methyl/N-ethyl adjacent to an activating group) is 1. The molecule has 1 aromatic heterocycles. The molecule has 0 unspecified atom stereocenters. The molecule has 0 saturated heterocycles. The van der Waals surface area contributed by atoms with Crippen molar-refractivity contribution in [2.24, 2.45) is 0 Å². The number of carbonyl (C=O) groups is 1. The average molecular weight is 446 g/mol. The van der Waals surface area contributed by atoms with E-state index in [1.807, 2.05) is 37.2 Å². The number of para-hydroxylation sites is 1. The molecule has 1 heterocycles. The normalized spacial score (nSPS) is 11.6. The van der Waals surface area contributed by atoms with E-state index in [-0.39, 0.29) is 5.91 Å². The first-order valence-corrected chi connectivity index (χ1v) is 12.5. The van der Waals surface area contributed by atoms with E-state index >= 15 is 0 Å². The molecule has 0 aliphatic heterocycles. The molecular weight excluding hydrogens is 418 g/mol. The monoisotopic (exact) mass is 445 g/mol. The number of nitrogens with zero attached hydrogens (tertiary/aromatic N) is 3. The van der Waals surface area contributed by atoms with Crippen molar-refractivity contribution in [1.82, 2.24) is 9.88 Å². The lowest BCUT2D eigenvalue weighted by molar-refractivity contribution is 0.0985. The topological polar surface area (TPSA) is 36.4 Å². The second-order valence-electron chi connectivity index (χ2n) is 7.26. The second-order valence-corrected chi connectivity index (χ2v) is 10.8. The molecule has 4 nitrogen and oxygen atoms in total. The molecule has 1 amide bonds. The number of fused-ring (bicyclic) bond motifs is 1. The smallest absolute Gasteiger partial charge is 0.260 e. The van der Waals surface area contributed by atoms with Crippen molar-refractivity contribution < 1.29 is 4.79 Å². The molecule has 0 fully saturated rings. The van der Waals surface area contributed by atoms with Crippen molar-refractivity contribution >= 4 is 56.1 Å². The fourth-order valence-electron chi connectivity index (χ4n) is 2.91. The van der Waals surface area contributed by atoms with Gasteiger partial charge in [-0.1, -0.05) is 37.3 Å². The Kier molecular flexibility index (Phi) is 7.62.